The van der Waals surface area contributed by atoms with E-state index in [-0.39, 0.29) is 24.7 Å². The number of rotatable bonds is 8. The molecule has 2 fully saturated rings. The first-order valence-corrected chi connectivity index (χ1v) is 16.8. The Labute approximate surface area is 281 Å². The summed E-state index contributed by atoms with van der Waals surface area (Å²) in [5.41, 5.74) is -2.32. The first kappa shape index (κ1) is 36.2. The van der Waals surface area contributed by atoms with Crippen LogP contribution in [0.5, 0.6) is 0 Å². The number of ether oxygens (including phenoxy) is 2. The molecular weight excluding hydrogens is 592 g/mol. The summed E-state index contributed by atoms with van der Waals surface area (Å²) >= 11 is 0. The lowest BCUT2D eigenvalue weighted by Crippen LogP contribution is -2.64. The molecule has 2 aliphatic rings. The molecular formula is C39H54N2O6. The minimum atomic E-state index is -1.68. The minimum absolute atomic E-state index is 0.0301. The Kier molecular flexibility index (Phi) is 10.1. The zero-order valence-corrected chi connectivity index (χ0v) is 30.0. The third-order valence-electron chi connectivity index (χ3n) is 9.99. The predicted octanol–water partition coefficient (Wildman–Crippen LogP) is 6.68. The molecule has 0 saturated carbocycles. The lowest BCUT2D eigenvalue weighted by atomic mass is 9.74. The van der Waals surface area contributed by atoms with E-state index >= 15 is 0 Å². The van der Waals surface area contributed by atoms with Crippen molar-refractivity contribution in [2.75, 3.05) is 0 Å². The number of benzene rings is 2. The highest BCUT2D eigenvalue weighted by atomic mass is 16.6. The van der Waals surface area contributed by atoms with Crippen LogP contribution in [0.3, 0.4) is 0 Å². The topological polar surface area (TPSA) is 93.2 Å². The molecule has 2 saturated heterocycles. The Balaban J connectivity index is 1.75. The Morgan fingerprint density at radius 3 is 1.11 bits per heavy atom. The molecule has 0 bridgehead atoms. The van der Waals surface area contributed by atoms with Gasteiger partial charge in [-0.3, -0.25) is 19.2 Å². The highest BCUT2D eigenvalue weighted by Gasteiger charge is 2.55. The van der Waals surface area contributed by atoms with Gasteiger partial charge in [-0.25, -0.2) is 0 Å². The average Bonchev–Trinajstić information content (AvgIpc) is 2.90. The first-order chi connectivity index (χ1) is 21.7. The minimum Gasteiger partial charge on any atom is -0.461 e. The molecule has 2 aromatic rings. The summed E-state index contributed by atoms with van der Waals surface area (Å²) in [6, 6.07) is 19.0. The van der Waals surface area contributed by atoms with Crippen LogP contribution in [0.4, 0.5) is 0 Å². The largest absolute Gasteiger partial charge is 0.461 e. The average molecular weight is 647 g/mol. The maximum Gasteiger partial charge on any atom is 0.324 e. The van der Waals surface area contributed by atoms with Crippen molar-refractivity contribution in [2.45, 2.75) is 142 Å². The highest BCUT2D eigenvalue weighted by Crippen LogP contribution is 2.43. The number of nitrogens with zero attached hydrogens (tertiary/aromatic N) is 2. The van der Waals surface area contributed by atoms with Gasteiger partial charge in [-0.05, 0) is 79.4 Å². The molecule has 0 radical (unpaired) electrons. The van der Waals surface area contributed by atoms with E-state index in [1.54, 1.807) is 13.8 Å². The molecule has 0 aliphatic carbocycles. The molecule has 0 N–H and O–H groups in total. The summed E-state index contributed by atoms with van der Waals surface area (Å²) in [5.74, 6) is -1.31. The van der Waals surface area contributed by atoms with Crippen LogP contribution in [0.15, 0.2) is 60.7 Å². The van der Waals surface area contributed by atoms with E-state index in [2.05, 4.69) is 0 Å². The number of amides is 2. The van der Waals surface area contributed by atoms with Gasteiger partial charge in [0.25, 0.3) is 0 Å². The van der Waals surface area contributed by atoms with Crippen LogP contribution in [0.1, 0.15) is 106 Å². The van der Waals surface area contributed by atoms with Gasteiger partial charge in [0, 0.05) is 61.7 Å². The van der Waals surface area contributed by atoms with Gasteiger partial charge in [-0.15, -0.1) is 0 Å². The predicted molar refractivity (Wildman–Crippen MR) is 182 cm³/mol. The third kappa shape index (κ3) is 7.73. The molecule has 8 nitrogen and oxygen atoms in total. The monoisotopic (exact) mass is 646 g/mol. The summed E-state index contributed by atoms with van der Waals surface area (Å²) in [6.07, 6.45) is 0.921. The van der Waals surface area contributed by atoms with E-state index in [9.17, 15) is 19.2 Å². The van der Waals surface area contributed by atoms with Crippen LogP contribution < -0.4 is 0 Å². The Bertz CT molecular complexity index is 1320. The summed E-state index contributed by atoms with van der Waals surface area (Å²) in [5, 5.41) is 0. The molecule has 2 heterocycles. The highest BCUT2D eigenvalue weighted by molar-refractivity contribution is 6.01. The van der Waals surface area contributed by atoms with Crippen molar-refractivity contribution in [3.63, 3.8) is 0 Å². The van der Waals surface area contributed by atoms with Gasteiger partial charge >= 0.3 is 11.9 Å². The van der Waals surface area contributed by atoms with Gasteiger partial charge in [-0.1, -0.05) is 60.7 Å². The van der Waals surface area contributed by atoms with E-state index in [4.69, 9.17) is 9.47 Å². The molecule has 4 rings (SSSR count). The third-order valence-corrected chi connectivity index (χ3v) is 9.99. The van der Waals surface area contributed by atoms with E-state index < -0.39 is 51.7 Å². The maximum atomic E-state index is 14.8. The van der Waals surface area contributed by atoms with Gasteiger partial charge in [0.05, 0.1) is 0 Å². The number of esters is 2. The van der Waals surface area contributed by atoms with E-state index in [0.29, 0.717) is 25.7 Å². The summed E-state index contributed by atoms with van der Waals surface area (Å²) in [4.78, 5) is 58.7. The lowest BCUT2D eigenvalue weighted by molar-refractivity contribution is -0.189. The van der Waals surface area contributed by atoms with Crippen molar-refractivity contribution in [3.05, 3.63) is 71.8 Å². The molecule has 0 spiro atoms. The number of hydrogen-bond donors (Lipinski definition) is 0. The standard InChI is InChI=1S/C39H54N2O6/c1-27(42)40-35(3,4)23-31(24-36(40,5)6)46-33(44)39(21-29-17-13-11-14-18-29,22-30-19-15-12-16-20-30)34(45)47-32-25-37(7,8)41(28(2)43)38(9,10)26-32/h11-20,31-32H,21-26H2,1-10H3. The van der Waals surface area contributed by atoms with E-state index in [1.807, 2.05) is 126 Å². The van der Waals surface area contributed by atoms with Crippen LogP contribution in [0.25, 0.3) is 0 Å². The summed E-state index contributed by atoms with van der Waals surface area (Å²) in [7, 11) is 0. The van der Waals surface area contributed by atoms with Crippen LogP contribution in [-0.4, -0.2) is 67.9 Å². The van der Waals surface area contributed by atoms with Crippen molar-refractivity contribution < 1.29 is 28.7 Å². The van der Waals surface area contributed by atoms with Gasteiger partial charge in [0.1, 0.15) is 12.2 Å². The van der Waals surface area contributed by atoms with Crippen molar-refractivity contribution in [2.24, 2.45) is 5.41 Å². The van der Waals surface area contributed by atoms with Crippen molar-refractivity contribution in [3.8, 4) is 0 Å². The molecule has 2 aromatic carbocycles. The van der Waals surface area contributed by atoms with E-state index in [0.717, 1.165) is 11.1 Å². The number of carbonyl (C=O) groups excluding carboxylic acids is 4. The zero-order chi connectivity index (χ0) is 35.0. The zero-order valence-electron chi connectivity index (χ0n) is 30.0. The Hall–Kier alpha value is -3.68. The summed E-state index contributed by atoms with van der Waals surface area (Å²) < 4.78 is 12.8. The molecule has 8 heteroatoms. The molecule has 0 atom stereocenters. The van der Waals surface area contributed by atoms with Crippen molar-refractivity contribution in [1.29, 1.82) is 0 Å². The fourth-order valence-electron chi connectivity index (χ4n) is 9.10. The molecule has 47 heavy (non-hydrogen) atoms. The van der Waals surface area contributed by atoms with Crippen LogP contribution in [0.2, 0.25) is 0 Å². The summed E-state index contributed by atoms with van der Waals surface area (Å²) in [6.45, 7) is 19.0. The number of hydrogen-bond acceptors (Lipinski definition) is 6. The molecule has 2 amide bonds. The fourth-order valence-corrected chi connectivity index (χ4v) is 9.10. The second-order valence-corrected chi connectivity index (χ2v) is 16.2. The van der Waals surface area contributed by atoms with Gasteiger partial charge < -0.3 is 19.3 Å². The molecule has 2 aliphatic heterocycles. The number of piperidine rings is 2. The van der Waals surface area contributed by atoms with Crippen molar-refractivity contribution >= 4 is 23.8 Å². The van der Waals surface area contributed by atoms with Crippen LogP contribution >= 0.6 is 0 Å². The molecule has 0 unspecified atom stereocenters. The second-order valence-electron chi connectivity index (χ2n) is 16.2. The Morgan fingerprint density at radius 1 is 0.574 bits per heavy atom. The fraction of sp³-hybridized carbons (Fsp3) is 0.590. The van der Waals surface area contributed by atoms with Gasteiger partial charge in [-0.2, -0.15) is 0 Å². The van der Waals surface area contributed by atoms with Gasteiger partial charge in [0.2, 0.25) is 11.8 Å². The van der Waals surface area contributed by atoms with Crippen molar-refractivity contribution in [1.82, 2.24) is 9.80 Å². The number of carbonyl (C=O) groups is 4. The maximum absolute atomic E-state index is 14.8. The van der Waals surface area contributed by atoms with Gasteiger partial charge in [0.15, 0.2) is 5.41 Å². The first-order valence-electron chi connectivity index (χ1n) is 16.8. The Morgan fingerprint density at radius 2 is 0.851 bits per heavy atom. The molecule has 256 valence electrons. The second kappa shape index (κ2) is 13.1. The van der Waals surface area contributed by atoms with Crippen LogP contribution in [0, 0.1) is 5.41 Å². The molecule has 0 aromatic heterocycles. The van der Waals surface area contributed by atoms with Crippen LogP contribution in [-0.2, 0) is 41.5 Å². The van der Waals surface area contributed by atoms with E-state index in [1.165, 1.54) is 0 Å². The quantitative estimate of drug-likeness (QED) is 0.235. The SMILES string of the molecule is CC(=O)N1C(C)(C)CC(OC(=O)C(Cc2ccccc2)(Cc2ccccc2)C(=O)OC2CC(C)(C)N(C(C)=O)C(C)(C)C2)CC1(C)C. The lowest BCUT2D eigenvalue weighted by Gasteiger charge is -2.55. The normalized spacial score (nSPS) is 20.7. The number of likely N-dealkylation sites (tertiary alicyclic amines) is 2. The smallest absolute Gasteiger partial charge is 0.324 e.